The van der Waals surface area contributed by atoms with E-state index in [1.165, 1.54) is 0 Å². The van der Waals surface area contributed by atoms with Crippen molar-refractivity contribution in [2.24, 2.45) is 0 Å². The maximum Gasteiger partial charge on any atom is 0.325 e. The Kier molecular flexibility index (Phi) is 5.50. The molecule has 136 valence electrons. The van der Waals surface area contributed by atoms with Crippen LogP contribution in [-0.2, 0) is 15.1 Å². The number of nitrogens with one attached hydrogen (secondary N) is 2. The van der Waals surface area contributed by atoms with E-state index in [1.807, 2.05) is 38.1 Å². The van der Waals surface area contributed by atoms with Gasteiger partial charge in [-0.1, -0.05) is 45.0 Å². The minimum atomic E-state index is -1.15. The molecule has 1 aliphatic heterocycles. The molecule has 0 aliphatic carbocycles. The Morgan fingerprint density at radius 3 is 2.32 bits per heavy atom. The molecule has 1 fully saturated rings. The normalized spacial score (nSPS) is 21.4. The van der Waals surface area contributed by atoms with Crippen molar-refractivity contribution in [2.75, 3.05) is 6.54 Å². The van der Waals surface area contributed by atoms with Crippen molar-refractivity contribution in [3.05, 3.63) is 35.4 Å². The SMILES string of the molecule is CC[C@H](C)NC(=O)CN1C(=O)N[C@@](C)(c2ccc(C(C)C)cc2)C1=O. The summed E-state index contributed by atoms with van der Waals surface area (Å²) in [5, 5.41) is 5.50. The van der Waals surface area contributed by atoms with Crippen molar-refractivity contribution >= 4 is 17.8 Å². The van der Waals surface area contributed by atoms with Crippen LogP contribution in [0.4, 0.5) is 4.79 Å². The molecule has 0 saturated carbocycles. The maximum atomic E-state index is 12.8. The van der Waals surface area contributed by atoms with Gasteiger partial charge in [0.25, 0.3) is 5.91 Å². The molecular weight excluding hydrogens is 318 g/mol. The van der Waals surface area contributed by atoms with Gasteiger partial charge in [0.2, 0.25) is 5.91 Å². The van der Waals surface area contributed by atoms with Crippen LogP contribution < -0.4 is 10.6 Å². The fourth-order valence-corrected chi connectivity index (χ4v) is 2.80. The molecule has 2 N–H and O–H groups in total. The predicted octanol–water partition coefficient (Wildman–Crippen LogP) is 2.49. The van der Waals surface area contributed by atoms with Gasteiger partial charge in [0.1, 0.15) is 12.1 Å². The number of hydrogen-bond donors (Lipinski definition) is 2. The summed E-state index contributed by atoms with van der Waals surface area (Å²) < 4.78 is 0. The van der Waals surface area contributed by atoms with Gasteiger partial charge in [-0.3, -0.25) is 14.5 Å². The summed E-state index contributed by atoms with van der Waals surface area (Å²) in [5.41, 5.74) is 0.720. The summed E-state index contributed by atoms with van der Waals surface area (Å²) in [7, 11) is 0. The summed E-state index contributed by atoms with van der Waals surface area (Å²) in [6, 6.07) is 7.10. The van der Waals surface area contributed by atoms with E-state index in [1.54, 1.807) is 6.92 Å². The van der Waals surface area contributed by atoms with Crippen LogP contribution in [0.3, 0.4) is 0 Å². The molecule has 25 heavy (non-hydrogen) atoms. The molecule has 1 aromatic carbocycles. The van der Waals surface area contributed by atoms with Gasteiger partial charge in [-0.25, -0.2) is 4.79 Å². The Bertz CT molecular complexity index is 669. The Labute approximate surface area is 149 Å². The van der Waals surface area contributed by atoms with Crippen LogP contribution in [0.2, 0.25) is 0 Å². The molecule has 1 aliphatic rings. The number of urea groups is 1. The third kappa shape index (κ3) is 3.83. The third-order valence-corrected chi connectivity index (χ3v) is 4.75. The minimum absolute atomic E-state index is 0.00299. The van der Waals surface area contributed by atoms with E-state index in [2.05, 4.69) is 24.5 Å². The number of nitrogens with zero attached hydrogens (tertiary/aromatic N) is 1. The number of imide groups is 1. The highest BCUT2D eigenvalue weighted by molar-refractivity contribution is 6.09. The van der Waals surface area contributed by atoms with Gasteiger partial charge in [-0.2, -0.15) is 0 Å². The molecule has 2 rings (SSSR count). The van der Waals surface area contributed by atoms with Gasteiger partial charge in [-0.15, -0.1) is 0 Å². The zero-order valence-corrected chi connectivity index (χ0v) is 15.6. The number of rotatable bonds is 6. The molecule has 4 amide bonds. The summed E-state index contributed by atoms with van der Waals surface area (Å²) in [6.45, 7) is 9.42. The smallest absolute Gasteiger partial charge is 0.325 e. The van der Waals surface area contributed by atoms with Gasteiger partial charge >= 0.3 is 6.03 Å². The first-order valence-corrected chi connectivity index (χ1v) is 8.73. The number of amides is 4. The third-order valence-electron chi connectivity index (χ3n) is 4.75. The molecule has 0 unspecified atom stereocenters. The summed E-state index contributed by atoms with van der Waals surface area (Å²) >= 11 is 0. The first-order chi connectivity index (χ1) is 11.7. The molecule has 1 saturated heterocycles. The molecule has 1 aromatic rings. The number of carbonyl (C=O) groups excluding carboxylic acids is 3. The average Bonchev–Trinajstić information content (AvgIpc) is 2.79. The second-order valence-electron chi connectivity index (χ2n) is 7.10. The molecule has 0 aromatic heterocycles. The zero-order valence-electron chi connectivity index (χ0n) is 15.6. The standard InChI is InChI=1S/C19H27N3O3/c1-6-13(4)20-16(23)11-22-17(24)19(5,21-18(22)25)15-9-7-14(8-10-15)12(2)3/h7-10,12-13H,6,11H2,1-5H3,(H,20,23)(H,21,25)/t13-,19-/m0/s1. The minimum Gasteiger partial charge on any atom is -0.352 e. The summed E-state index contributed by atoms with van der Waals surface area (Å²) in [4.78, 5) is 38.1. The summed E-state index contributed by atoms with van der Waals surface area (Å²) in [6.07, 6.45) is 0.784. The van der Waals surface area contributed by atoms with Crippen LogP contribution in [0.25, 0.3) is 0 Å². The second-order valence-corrected chi connectivity index (χ2v) is 7.10. The van der Waals surface area contributed by atoms with E-state index in [9.17, 15) is 14.4 Å². The Morgan fingerprint density at radius 1 is 1.20 bits per heavy atom. The lowest BCUT2D eigenvalue weighted by atomic mass is 9.90. The number of hydrogen-bond acceptors (Lipinski definition) is 3. The highest BCUT2D eigenvalue weighted by atomic mass is 16.2. The topological polar surface area (TPSA) is 78.5 Å². The fraction of sp³-hybridized carbons (Fsp3) is 0.526. The lowest BCUT2D eigenvalue weighted by Crippen LogP contribution is -2.44. The molecule has 0 bridgehead atoms. The van der Waals surface area contributed by atoms with E-state index in [0.717, 1.165) is 16.9 Å². The van der Waals surface area contributed by atoms with Crippen LogP contribution in [0.1, 0.15) is 58.1 Å². The quantitative estimate of drug-likeness (QED) is 0.778. The van der Waals surface area contributed by atoms with Crippen LogP contribution in [0, 0.1) is 0 Å². The van der Waals surface area contributed by atoms with Gasteiger partial charge < -0.3 is 10.6 Å². The molecular formula is C19H27N3O3. The van der Waals surface area contributed by atoms with E-state index in [4.69, 9.17) is 0 Å². The summed E-state index contributed by atoms with van der Waals surface area (Å²) in [5.74, 6) is -0.358. The molecule has 0 radical (unpaired) electrons. The van der Waals surface area contributed by atoms with E-state index in [-0.39, 0.29) is 18.5 Å². The Morgan fingerprint density at radius 2 is 1.80 bits per heavy atom. The van der Waals surface area contributed by atoms with Crippen LogP contribution in [0.5, 0.6) is 0 Å². The second kappa shape index (κ2) is 7.25. The van der Waals surface area contributed by atoms with Crippen LogP contribution >= 0.6 is 0 Å². The van der Waals surface area contributed by atoms with E-state index in [0.29, 0.717) is 11.5 Å². The monoisotopic (exact) mass is 345 g/mol. The van der Waals surface area contributed by atoms with Crippen molar-refractivity contribution in [1.82, 2.24) is 15.5 Å². The van der Waals surface area contributed by atoms with Crippen LogP contribution in [0.15, 0.2) is 24.3 Å². The molecule has 2 atom stereocenters. The average molecular weight is 345 g/mol. The first kappa shape index (κ1) is 19.0. The number of carbonyl (C=O) groups is 3. The van der Waals surface area contributed by atoms with Gasteiger partial charge in [0, 0.05) is 6.04 Å². The molecule has 1 heterocycles. The van der Waals surface area contributed by atoms with Gasteiger partial charge in [0.15, 0.2) is 0 Å². The van der Waals surface area contributed by atoms with Crippen molar-refractivity contribution in [1.29, 1.82) is 0 Å². The lowest BCUT2D eigenvalue weighted by Gasteiger charge is -2.23. The van der Waals surface area contributed by atoms with Crippen molar-refractivity contribution in [3.63, 3.8) is 0 Å². The van der Waals surface area contributed by atoms with Crippen molar-refractivity contribution < 1.29 is 14.4 Å². The number of benzene rings is 1. The van der Waals surface area contributed by atoms with E-state index < -0.39 is 17.5 Å². The Hall–Kier alpha value is -2.37. The highest BCUT2D eigenvalue weighted by Gasteiger charge is 2.49. The first-order valence-electron chi connectivity index (χ1n) is 8.73. The highest BCUT2D eigenvalue weighted by Crippen LogP contribution is 2.29. The van der Waals surface area contributed by atoms with Gasteiger partial charge in [-0.05, 0) is 37.3 Å². The predicted molar refractivity (Wildman–Crippen MR) is 96.0 cm³/mol. The fourth-order valence-electron chi connectivity index (χ4n) is 2.80. The maximum absolute atomic E-state index is 12.8. The largest absolute Gasteiger partial charge is 0.352 e. The van der Waals surface area contributed by atoms with Gasteiger partial charge in [0.05, 0.1) is 0 Å². The Balaban J connectivity index is 2.17. The van der Waals surface area contributed by atoms with Crippen LogP contribution in [-0.4, -0.2) is 35.3 Å². The molecule has 0 spiro atoms. The van der Waals surface area contributed by atoms with Crippen molar-refractivity contribution in [2.45, 2.75) is 58.5 Å². The lowest BCUT2D eigenvalue weighted by molar-refractivity contribution is -0.135. The molecule has 6 heteroatoms. The molecule has 6 nitrogen and oxygen atoms in total. The van der Waals surface area contributed by atoms with Crippen molar-refractivity contribution in [3.8, 4) is 0 Å². The zero-order chi connectivity index (χ0) is 18.8. The van der Waals surface area contributed by atoms with E-state index >= 15 is 0 Å².